The van der Waals surface area contributed by atoms with Crippen molar-refractivity contribution in [1.29, 1.82) is 0 Å². The summed E-state index contributed by atoms with van der Waals surface area (Å²) < 4.78 is 20.4. The first-order valence-corrected chi connectivity index (χ1v) is 7.39. The van der Waals surface area contributed by atoms with E-state index in [0.29, 0.717) is 22.1 Å². The SMILES string of the molecule is Nc1nc2ccc(-c3ocnc3-c3ccccc3F)cc2s1. The Balaban J connectivity index is 1.89. The van der Waals surface area contributed by atoms with E-state index in [1.54, 1.807) is 18.2 Å². The van der Waals surface area contributed by atoms with Crippen molar-refractivity contribution >= 4 is 26.7 Å². The maximum absolute atomic E-state index is 14.0. The third-order valence-corrected chi connectivity index (χ3v) is 4.21. The molecule has 0 aliphatic heterocycles. The van der Waals surface area contributed by atoms with Gasteiger partial charge < -0.3 is 10.2 Å². The van der Waals surface area contributed by atoms with Crippen molar-refractivity contribution in [3.05, 3.63) is 54.7 Å². The molecule has 0 aliphatic carbocycles. The highest BCUT2D eigenvalue weighted by atomic mass is 32.1. The van der Waals surface area contributed by atoms with E-state index >= 15 is 0 Å². The van der Waals surface area contributed by atoms with Crippen molar-refractivity contribution in [2.75, 3.05) is 5.73 Å². The van der Waals surface area contributed by atoms with Crippen LogP contribution in [0.1, 0.15) is 0 Å². The van der Waals surface area contributed by atoms with E-state index in [-0.39, 0.29) is 5.82 Å². The summed E-state index contributed by atoms with van der Waals surface area (Å²) in [6, 6.07) is 12.2. The molecule has 0 radical (unpaired) electrons. The second kappa shape index (κ2) is 4.92. The summed E-state index contributed by atoms with van der Waals surface area (Å²) >= 11 is 1.40. The Morgan fingerprint density at radius 1 is 1.14 bits per heavy atom. The minimum atomic E-state index is -0.333. The van der Waals surface area contributed by atoms with Gasteiger partial charge in [0, 0.05) is 11.1 Å². The summed E-state index contributed by atoms with van der Waals surface area (Å²) in [5.41, 5.74) is 8.26. The first kappa shape index (κ1) is 13.0. The Labute approximate surface area is 129 Å². The quantitative estimate of drug-likeness (QED) is 0.598. The fourth-order valence-electron chi connectivity index (χ4n) is 2.38. The first-order chi connectivity index (χ1) is 10.7. The summed E-state index contributed by atoms with van der Waals surface area (Å²) in [4.78, 5) is 8.39. The van der Waals surface area contributed by atoms with Crippen molar-refractivity contribution in [3.63, 3.8) is 0 Å². The van der Waals surface area contributed by atoms with Crippen LogP contribution in [0, 0.1) is 5.82 Å². The van der Waals surface area contributed by atoms with E-state index in [1.165, 1.54) is 23.8 Å². The van der Waals surface area contributed by atoms with Crippen LogP contribution in [-0.2, 0) is 0 Å². The van der Waals surface area contributed by atoms with E-state index in [2.05, 4.69) is 9.97 Å². The van der Waals surface area contributed by atoms with Gasteiger partial charge in [0.15, 0.2) is 17.3 Å². The molecule has 0 fully saturated rings. The minimum absolute atomic E-state index is 0.333. The topological polar surface area (TPSA) is 64.9 Å². The number of rotatable bonds is 2. The molecular weight excluding hydrogens is 301 g/mol. The molecule has 2 N–H and O–H groups in total. The van der Waals surface area contributed by atoms with Gasteiger partial charge in [0.25, 0.3) is 0 Å². The van der Waals surface area contributed by atoms with Gasteiger partial charge in [-0.05, 0) is 30.3 Å². The first-order valence-electron chi connectivity index (χ1n) is 6.57. The monoisotopic (exact) mass is 311 g/mol. The lowest BCUT2D eigenvalue weighted by molar-refractivity contribution is 0.572. The Morgan fingerprint density at radius 2 is 2.00 bits per heavy atom. The zero-order valence-electron chi connectivity index (χ0n) is 11.3. The second-order valence-corrected chi connectivity index (χ2v) is 5.81. The molecule has 22 heavy (non-hydrogen) atoms. The number of thiazole rings is 1. The summed E-state index contributed by atoms with van der Waals surface area (Å²) in [6.45, 7) is 0. The minimum Gasteiger partial charge on any atom is -0.443 e. The predicted octanol–water partition coefficient (Wildman–Crippen LogP) is 4.34. The van der Waals surface area contributed by atoms with Gasteiger partial charge in [-0.15, -0.1) is 0 Å². The summed E-state index contributed by atoms with van der Waals surface area (Å²) in [6.07, 6.45) is 1.32. The van der Waals surface area contributed by atoms with E-state index in [0.717, 1.165) is 15.8 Å². The highest BCUT2D eigenvalue weighted by Gasteiger charge is 2.16. The predicted molar refractivity (Wildman–Crippen MR) is 84.9 cm³/mol. The molecule has 108 valence electrons. The van der Waals surface area contributed by atoms with Crippen LogP contribution < -0.4 is 5.73 Å². The molecule has 0 aliphatic rings. The number of aromatic nitrogens is 2. The van der Waals surface area contributed by atoms with Gasteiger partial charge >= 0.3 is 0 Å². The fraction of sp³-hybridized carbons (Fsp3) is 0. The molecule has 2 aromatic heterocycles. The van der Waals surface area contributed by atoms with E-state index in [9.17, 15) is 4.39 Å². The fourth-order valence-corrected chi connectivity index (χ4v) is 3.15. The maximum atomic E-state index is 14.0. The molecule has 2 heterocycles. The highest BCUT2D eigenvalue weighted by Crippen LogP contribution is 2.35. The molecular formula is C16H10FN3OS. The summed E-state index contributed by atoms with van der Waals surface area (Å²) in [7, 11) is 0. The van der Waals surface area contributed by atoms with Crippen molar-refractivity contribution < 1.29 is 8.81 Å². The molecule has 0 amide bonds. The summed E-state index contributed by atoms with van der Waals surface area (Å²) in [5, 5.41) is 0.513. The van der Waals surface area contributed by atoms with E-state index in [4.69, 9.17) is 10.2 Å². The zero-order chi connectivity index (χ0) is 15.1. The van der Waals surface area contributed by atoms with Gasteiger partial charge in [0.05, 0.1) is 10.2 Å². The largest absolute Gasteiger partial charge is 0.443 e. The zero-order valence-corrected chi connectivity index (χ0v) is 12.1. The van der Waals surface area contributed by atoms with Gasteiger partial charge in [-0.1, -0.05) is 23.5 Å². The van der Waals surface area contributed by atoms with E-state index < -0.39 is 0 Å². The molecule has 0 atom stereocenters. The Bertz CT molecular complexity index is 976. The van der Waals surface area contributed by atoms with Crippen LogP contribution in [-0.4, -0.2) is 9.97 Å². The molecule has 4 rings (SSSR count). The number of hydrogen-bond donors (Lipinski definition) is 1. The number of anilines is 1. The number of halogens is 1. The molecule has 0 bridgehead atoms. The lowest BCUT2D eigenvalue weighted by Gasteiger charge is -2.03. The van der Waals surface area contributed by atoms with Gasteiger partial charge in [0.1, 0.15) is 11.5 Å². The van der Waals surface area contributed by atoms with Gasteiger partial charge in [-0.2, -0.15) is 0 Å². The van der Waals surface area contributed by atoms with E-state index in [1.807, 2.05) is 18.2 Å². The van der Waals surface area contributed by atoms with Crippen molar-refractivity contribution in [2.45, 2.75) is 0 Å². The Hall–Kier alpha value is -2.73. The number of oxazole rings is 1. The van der Waals surface area contributed by atoms with Crippen molar-refractivity contribution in [1.82, 2.24) is 9.97 Å². The van der Waals surface area contributed by atoms with Crippen LogP contribution >= 0.6 is 11.3 Å². The average Bonchev–Trinajstić information content (AvgIpc) is 3.12. The van der Waals surface area contributed by atoms with Crippen LogP contribution in [0.15, 0.2) is 53.3 Å². The maximum Gasteiger partial charge on any atom is 0.182 e. The Morgan fingerprint density at radius 3 is 2.86 bits per heavy atom. The highest BCUT2D eigenvalue weighted by molar-refractivity contribution is 7.22. The molecule has 0 saturated heterocycles. The van der Waals surface area contributed by atoms with Crippen molar-refractivity contribution in [2.24, 2.45) is 0 Å². The van der Waals surface area contributed by atoms with Crippen LogP contribution in [0.5, 0.6) is 0 Å². The number of nitrogen functional groups attached to an aromatic ring is 1. The van der Waals surface area contributed by atoms with Gasteiger partial charge in [0.2, 0.25) is 0 Å². The second-order valence-electron chi connectivity index (χ2n) is 4.74. The molecule has 6 heteroatoms. The standard InChI is InChI=1S/C16H10FN3OS/c17-11-4-2-1-3-10(11)14-15(21-8-19-14)9-5-6-12-13(7-9)22-16(18)20-12/h1-8H,(H2,18,20). The number of benzene rings is 2. The summed E-state index contributed by atoms with van der Waals surface area (Å²) in [5.74, 6) is 0.194. The average molecular weight is 311 g/mol. The van der Waals surface area contributed by atoms with Crippen LogP contribution in [0.2, 0.25) is 0 Å². The number of fused-ring (bicyclic) bond motifs is 1. The van der Waals surface area contributed by atoms with Crippen LogP contribution in [0.3, 0.4) is 0 Å². The van der Waals surface area contributed by atoms with Gasteiger partial charge in [-0.25, -0.2) is 14.4 Å². The molecule has 4 aromatic rings. The smallest absolute Gasteiger partial charge is 0.182 e. The normalized spacial score (nSPS) is 11.1. The Kier molecular flexibility index (Phi) is 2.90. The molecule has 0 unspecified atom stereocenters. The van der Waals surface area contributed by atoms with Crippen LogP contribution in [0.25, 0.3) is 32.8 Å². The number of nitrogens with two attached hydrogens (primary N) is 1. The van der Waals surface area contributed by atoms with Crippen LogP contribution in [0.4, 0.5) is 9.52 Å². The van der Waals surface area contributed by atoms with Crippen molar-refractivity contribution in [3.8, 4) is 22.6 Å². The third kappa shape index (κ3) is 2.05. The third-order valence-electron chi connectivity index (χ3n) is 3.36. The number of hydrogen-bond acceptors (Lipinski definition) is 5. The molecule has 2 aromatic carbocycles. The molecule has 4 nitrogen and oxygen atoms in total. The van der Waals surface area contributed by atoms with Gasteiger partial charge in [-0.3, -0.25) is 0 Å². The number of nitrogens with zero attached hydrogens (tertiary/aromatic N) is 2. The lowest BCUT2D eigenvalue weighted by atomic mass is 10.1. The lowest BCUT2D eigenvalue weighted by Crippen LogP contribution is -1.86. The molecule has 0 spiro atoms. The molecule has 0 saturated carbocycles.